The van der Waals surface area contributed by atoms with Crippen molar-refractivity contribution in [3.05, 3.63) is 46.0 Å². The summed E-state index contributed by atoms with van der Waals surface area (Å²) in [6.07, 6.45) is 2.19. The van der Waals surface area contributed by atoms with Crippen LogP contribution < -0.4 is 10.6 Å². The first-order valence-corrected chi connectivity index (χ1v) is 9.22. The van der Waals surface area contributed by atoms with Crippen LogP contribution in [0.4, 0.5) is 11.4 Å². The lowest BCUT2D eigenvalue weighted by molar-refractivity contribution is 0.454. The number of aryl methyl sites for hydroxylation is 1. The topological polar surface area (TPSA) is 24.1 Å². The standard InChI is InChI=1S/C21H25ClN2/c1-12-10-16(15-7-5-6-14-8-9-23-20(14)15)18(22)17-13(2)11-21(3,4)24-19(12)17/h5-7,10,13,23-24H,8-9,11H2,1-4H3/t13-/m1/s1. The number of anilines is 2. The summed E-state index contributed by atoms with van der Waals surface area (Å²) in [4.78, 5) is 0. The maximum atomic E-state index is 6.96. The largest absolute Gasteiger partial charge is 0.384 e. The third-order valence-electron chi connectivity index (χ3n) is 5.41. The van der Waals surface area contributed by atoms with Crippen LogP contribution in [0.1, 0.15) is 49.8 Å². The third-order valence-corrected chi connectivity index (χ3v) is 5.81. The van der Waals surface area contributed by atoms with Crippen LogP contribution in [-0.4, -0.2) is 12.1 Å². The van der Waals surface area contributed by atoms with Gasteiger partial charge in [-0.25, -0.2) is 0 Å². The Hall–Kier alpha value is -1.67. The Morgan fingerprint density at radius 1 is 1.17 bits per heavy atom. The highest BCUT2D eigenvalue weighted by molar-refractivity contribution is 6.35. The normalized spacial score (nSPS) is 20.8. The summed E-state index contributed by atoms with van der Waals surface area (Å²) in [5, 5.41) is 8.16. The fourth-order valence-corrected chi connectivity index (χ4v) is 4.90. The average Bonchev–Trinajstić information content (AvgIpc) is 2.98. The SMILES string of the molecule is Cc1cc(-c2cccc3c2NCC3)c(Cl)c2c1NC(C)(C)C[C@H]2C. The lowest BCUT2D eigenvalue weighted by Crippen LogP contribution is -2.37. The second-order valence-electron chi connectivity index (χ2n) is 7.97. The van der Waals surface area contributed by atoms with Crippen molar-refractivity contribution in [3.63, 3.8) is 0 Å². The summed E-state index contributed by atoms with van der Waals surface area (Å²) in [5.74, 6) is 0.451. The van der Waals surface area contributed by atoms with E-state index in [1.807, 2.05) is 0 Å². The second kappa shape index (κ2) is 5.42. The van der Waals surface area contributed by atoms with Gasteiger partial charge in [0.1, 0.15) is 0 Å². The molecule has 2 N–H and O–H groups in total. The number of rotatable bonds is 1. The van der Waals surface area contributed by atoms with Gasteiger partial charge in [-0.3, -0.25) is 0 Å². The Labute approximate surface area is 149 Å². The van der Waals surface area contributed by atoms with Crippen molar-refractivity contribution in [1.29, 1.82) is 0 Å². The monoisotopic (exact) mass is 340 g/mol. The van der Waals surface area contributed by atoms with Crippen LogP contribution in [-0.2, 0) is 6.42 Å². The maximum absolute atomic E-state index is 6.96. The molecule has 2 heterocycles. The summed E-state index contributed by atoms with van der Waals surface area (Å²) in [5.41, 5.74) is 8.94. The van der Waals surface area contributed by atoms with E-state index in [9.17, 15) is 0 Å². The second-order valence-corrected chi connectivity index (χ2v) is 8.35. The van der Waals surface area contributed by atoms with Gasteiger partial charge in [0, 0.05) is 34.6 Å². The first kappa shape index (κ1) is 15.8. The van der Waals surface area contributed by atoms with Crippen LogP contribution in [0.3, 0.4) is 0 Å². The molecule has 0 spiro atoms. The number of hydrogen-bond donors (Lipinski definition) is 2. The highest BCUT2D eigenvalue weighted by Crippen LogP contribution is 2.49. The van der Waals surface area contributed by atoms with Gasteiger partial charge in [0.2, 0.25) is 0 Å². The Bertz CT molecular complexity index is 823. The van der Waals surface area contributed by atoms with Crippen molar-refractivity contribution < 1.29 is 0 Å². The lowest BCUT2D eigenvalue weighted by Gasteiger charge is -2.39. The van der Waals surface area contributed by atoms with Gasteiger partial charge in [-0.05, 0) is 62.3 Å². The van der Waals surface area contributed by atoms with Gasteiger partial charge in [0.15, 0.2) is 0 Å². The summed E-state index contributed by atoms with van der Waals surface area (Å²) in [7, 11) is 0. The molecule has 2 aliphatic rings. The van der Waals surface area contributed by atoms with Gasteiger partial charge in [-0.1, -0.05) is 36.7 Å². The number of nitrogens with one attached hydrogen (secondary N) is 2. The Morgan fingerprint density at radius 2 is 1.96 bits per heavy atom. The molecular weight excluding hydrogens is 316 g/mol. The smallest absolute Gasteiger partial charge is 0.0540 e. The molecule has 1 atom stereocenters. The quantitative estimate of drug-likeness (QED) is 0.667. The molecule has 0 radical (unpaired) electrons. The van der Waals surface area contributed by atoms with E-state index in [0.717, 1.165) is 30.0 Å². The molecule has 0 saturated heterocycles. The predicted molar refractivity (Wildman–Crippen MR) is 105 cm³/mol. The van der Waals surface area contributed by atoms with E-state index in [1.54, 1.807) is 0 Å². The van der Waals surface area contributed by atoms with Crippen molar-refractivity contribution in [1.82, 2.24) is 0 Å². The first-order chi connectivity index (χ1) is 11.4. The van der Waals surface area contributed by atoms with E-state index in [1.165, 1.54) is 33.6 Å². The van der Waals surface area contributed by atoms with Crippen molar-refractivity contribution in [2.24, 2.45) is 0 Å². The summed E-state index contributed by atoms with van der Waals surface area (Å²) in [6, 6.07) is 8.80. The van der Waals surface area contributed by atoms with E-state index < -0.39 is 0 Å². The fourth-order valence-electron chi connectivity index (χ4n) is 4.46. The highest BCUT2D eigenvalue weighted by atomic mass is 35.5. The molecule has 0 aromatic heterocycles. The molecule has 3 heteroatoms. The molecule has 0 bridgehead atoms. The first-order valence-electron chi connectivity index (χ1n) is 8.85. The molecule has 126 valence electrons. The van der Waals surface area contributed by atoms with Crippen molar-refractivity contribution in [2.75, 3.05) is 17.2 Å². The number of halogens is 1. The van der Waals surface area contributed by atoms with Crippen LogP contribution in [0.2, 0.25) is 5.02 Å². The molecule has 2 aliphatic heterocycles. The maximum Gasteiger partial charge on any atom is 0.0540 e. The summed E-state index contributed by atoms with van der Waals surface area (Å²) < 4.78 is 0. The van der Waals surface area contributed by atoms with E-state index in [-0.39, 0.29) is 5.54 Å². The van der Waals surface area contributed by atoms with E-state index in [4.69, 9.17) is 11.6 Å². The van der Waals surface area contributed by atoms with Crippen molar-refractivity contribution in [2.45, 2.75) is 52.0 Å². The average molecular weight is 341 g/mol. The predicted octanol–water partition coefficient (Wildman–Crippen LogP) is 5.98. The van der Waals surface area contributed by atoms with Crippen LogP contribution in [0.15, 0.2) is 24.3 Å². The van der Waals surface area contributed by atoms with Gasteiger partial charge in [0.05, 0.1) is 5.02 Å². The van der Waals surface area contributed by atoms with Gasteiger partial charge in [-0.15, -0.1) is 0 Å². The van der Waals surface area contributed by atoms with E-state index in [2.05, 4.69) is 62.6 Å². The summed E-state index contributed by atoms with van der Waals surface area (Å²) in [6.45, 7) is 10.0. The number of hydrogen-bond acceptors (Lipinski definition) is 2. The lowest BCUT2D eigenvalue weighted by atomic mass is 9.79. The number of para-hydroxylation sites is 1. The summed E-state index contributed by atoms with van der Waals surface area (Å²) >= 11 is 6.96. The Balaban J connectivity index is 1.93. The number of fused-ring (bicyclic) bond motifs is 2. The molecule has 0 aliphatic carbocycles. The Kier molecular flexibility index (Phi) is 3.58. The van der Waals surface area contributed by atoms with E-state index in [0.29, 0.717) is 5.92 Å². The molecule has 2 aromatic carbocycles. The van der Waals surface area contributed by atoms with Crippen molar-refractivity contribution in [3.8, 4) is 11.1 Å². The van der Waals surface area contributed by atoms with Crippen LogP contribution in [0, 0.1) is 6.92 Å². The highest BCUT2D eigenvalue weighted by Gasteiger charge is 2.33. The number of benzene rings is 2. The molecule has 2 nitrogen and oxygen atoms in total. The molecule has 0 fully saturated rings. The minimum absolute atomic E-state index is 0.109. The van der Waals surface area contributed by atoms with Crippen LogP contribution >= 0.6 is 11.6 Å². The van der Waals surface area contributed by atoms with Crippen molar-refractivity contribution >= 4 is 23.0 Å². The molecule has 24 heavy (non-hydrogen) atoms. The molecule has 0 unspecified atom stereocenters. The van der Waals surface area contributed by atoms with Crippen LogP contribution in [0.5, 0.6) is 0 Å². The molecule has 2 aromatic rings. The van der Waals surface area contributed by atoms with E-state index >= 15 is 0 Å². The minimum Gasteiger partial charge on any atom is -0.384 e. The Morgan fingerprint density at radius 3 is 2.75 bits per heavy atom. The third kappa shape index (κ3) is 2.39. The molecule has 0 saturated carbocycles. The zero-order valence-corrected chi connectivity index (χ0v) is 15.6. The minimum atomic E-state index is 0.109. The van der Waals surface area contributed by atoms with Gasteiger partial charge >= 0.3 is 0 Å². The van der Waals surface area contributed by atoms with Gasteiger partial charge in [0.25, 0.3) is 0 Å². The zero-order valence-electron chi connectivity index (χ0n) is 14.9. The molecular formula is C21H25ClN2. The zero-order chi connectivity index (χ0) is 17.1. The van der Waals surface area contributed by atoms with Gasteiger partial charge < -0.3 is 10.6 Å². The fraction of sp³-hybridized carbons (Fsp3) is 0.429. The van der Waals surface area contributed by atoms with Crippen LogP contribution in [0.25, 0.3) is 11.1 Å². The molecule has 0 amide bonds. The van der Waals surface area contributed by atoms with Gasteiger partial charge in [-0.2, -0.15) is 0 Å². The molecule has 4 rings (SSSR count).